The Bertz CT molecular complexity index is 510. The lowest BCUT2D eigenvalue weighted by molar-refractivity contribution is -0.123. The van der Waals surface area contributed by atoms with E-state index in [4.69, 9.17) is 9.47 Å². The van der Waals surface area contributed by atoms with E-state index in [1.54, 1.807) is 0 Å². The second kappa shape index (κ2) is 6.35. The van der Waals surface area contributed by atoms with Crippen LogP contribution in [0.25, 0.3) is 0 Å². The molecule has 0 saturated carbocycles. The van der Waals surface area contributed by atoms with E-state index < -0.39 is 0 Å². The molecule has 0 aromatic heterocycles. The van der Waals surface area contributed by atoms with Gasteiger partial charge in [0.25, 0.3) is 0 Å². The van der Waals surface area contributed by atoms with Gasteiger partial charge in [-0.3, -0.25) is 4.79 Å². The van der Waals surface area contributed by atoms with Gasteiger partial charge in [-0.15, -0.1) is 0 Å². The van der Waals surface area contributed by atoms with Crippen molar-refractivity contribution in [2.45, 2.75) is 44.7 Å². The van der Waals surface area contributed by atoms with Gasteiger partial charge < -0.3 is 20.1 Å². The molecule has 0 radical (unpaired) electrons. The zero-order valence-corrected chi connectivity index (χ0v) is 12.4. The van der Waals surface area contributed by atoms with Crippen LogP contribution >= 0.6 is 0 Å². The van der Waals surface area contributed by atoms with Gasteiger partial charge in [0, 0.05) is 0 Å². The molecule has 2 atom stereocenters. The number of hydrogen-bond acceptors (Lipinski definition) is 4. The minimum absolute atomic E-state index is 0.0444. The van der Waals surface area contributed by atoms with E-state index in [2.05, 4.69) is 10.6 Å². The molecule has 21 heavy (non-hydrogen) atoms. The maximum atomic E-state index is 12.3. The summed E-state index contributed by atoms with van der Waals surface area (Å²) in [6.07, 6.45) is 4.39. The van der Waals surface area contributed by atoms with Gasteiger partial charge in [0.15, 0.2) is 11.5 Å². The predicted octanol–water partition coefficient (Wildman–Crippen LogP) is 2.12. The first kappa shape index (κ1) is 14.2. The summed E-state index contributed by atoms with van der Waals surface area (Å²) >= 11 is 0. The van der Waals surface area contributed by atoms with Gasteiger partial charge in [0.05, 0.1) is 12.1 Å². The second-order valence-electron chi connectivity index (χ2n) is 5.70. The monoisotopic (exact) mass is 290 g/mol. The summed E-state index contributed by atoms with van der Waals surface area (Å²) in [5, 5.41) is 6.41. The Labute approximate surface area is 125 Å². The number of nitrogens with one attached hydrogen (secondary N) is 2. The fourth-order valence-corrected chi connectivity index (χ4v) is 2.83. The SMILES string of the molecule is CC(NC(=O)C1CCCCCN1)c1ccc2c(c1)OCO2. The molecule has 1 aromatic carbocycles. The Morgan fingerprint density at radius 3 is 3.05 bits per heavy atom. The number of hydrogen-bond donors (Lipinski definition) is 2. The highest BCUT2D eigenvalue weighted by atomic mass is 16.7. The van der Waals surface area contributed by atoms with Crippen molar-refractivity contribution in [1.29, 1.82) is 0 Å². The zero-order chi connectivity index (χ0) is 14.7. The molecule has 0 aliphatic carbocycles. The molecule has 2 unspecified atom stereocenters. The predicted molar refractivity (Wildman–Crippen MR) is 79.4 cm³/mol. The molecule has 2 N–H and O–H groups in total. The van der Waals surface area contributed by atoms with Gasteiger partial charge in [-0.25, -0.2) is 0 Å². The lowest BCUT2D eigenvalue weighted by Gasteiger charge is -2.20. The van der Waals surface area contributed by atoms with Gasteiger partial charge in [-0.1, -0.05) is 18.9 Å². The largest absolute Gasteiger partial charge is 0.454 e. The molecule has 1 saturated heterocycles. The molecule has 5 heteroatoms. The summed E-state index contributed by atoms with van der Waals surface area (Å²) in [7, 11) is 0. The van der Waals surface area contributed by atoms with Gasteiger partial charge in [-0.05, 0) is 44.0 Å². The third-order valence-corrected chi connectivity index (χ3v) is 4.13. The number of fused-ring (bicyclic) bond motifs is 1. The van der Waals surface area contributed by atoms with Crippen LogP contribution < -0.4 is 20.1 Å². The molecular formula is C16H22N2O3. The first-order valence-corrected chi connectivity index (χ1v) is 7.67. The van der Waals surface area contributed by atoms with Crippen molar-refractivity contribution in [2.75, 3.05) is 13.3 Å². The van der Waals surface area contributed by atoms with Gasteiger partial charge in [-0.2, -0.15) is 0 Å². The molecule has 3 rings (SSSR count). The fourth-order valence-electron chi connectivity index (χ4n) is 2.83. The van der Waals surface area contributed by atoms with Crippen LogP contribution in [-0.2, 0) is 4.79 Å². The maximum absolute atomic E-state index is 12.3. The van der Waals surface area contributed by atoms with Crippen LogP contribution in [-0.4, -0.2) is 25.3 Å². The van der Waals surface area contributed by atoms with Crippen molar-refractivity contribution >= 4 is 5.91 Å². The number of carbonyl (C=O) groups is 1. The smallest absolute Gasteiger partial charge is 0.237 e. The van der Waals surface area contributed by atoms with Gasteiger partial charge in [0.2, 0.25) is 12.7 Å². The zero-order valence-electron chi connectivity index (χ0n) is 12.4. The van der Waals surface area contributed by atoms with E-state index in [0.29, 0.717) is 0 Å². The lowest BCUT2D eigenvalue weighted by atomic mass is 10.1. The molecule has 1 amide bonds. The average Bonchev–Trinajstić information content (AvgIpc) is 2.78. The molecule has 2 aliphatic rings. The Hall–Kier alpha value is -1.75. The molecular weight excluding hydrogens is 268 g/mol. The van der Waals surface area contributed by atoms with Crippen LogP contribution in [0, 0.1) is 0 Å². The Morgan fingerprint density at radius 2 is 2.14 bits per heavy atom. The van der Waals surface area contributed by atoms with Crippen molar-refractivity contribution in [2.24, 2.45) is 0 Å². The van der Waals surface area contributed by atoms with Crippen LogP contribution in [0.1, 0.15) is 44.2 Å². The number of benzene rings is 1. The fraction of sp³-hybridized carbons (Fsp3) is 0.562. The quantitative estimate of drug-likeness (QED) is 0.895. The van der Waals surface area contributed by atoms with E-state index in [9.17, 15) is 4.79 Å². The van der Waals surface area contributed by atoms with Gasteiger partial charge >= 0.3 is 0 Å². The Kier molecular flexibility index (Phi) is 4.29. The minimum Gasteiger partial charge on any atom is -0.454 e. The summed E-state index contributed by atoms with van der Waals surface area (Å²) in [5.41, 5.74) is 1.03. The van der Waals surface area contributed by atoms with Crippen molar-refractivity contribution in [3.05, 3.63) is 23.8 Å². The first-order valence-electron chi connectivity index (χ1n) is 7.67. The normalized spacial score (nSPS) is 22.4. The van der Waals surface area contributed by atoms with Crippen LogP contribution in [0.2, 0.25) is 0 Å². The number of carbonyl (C=O) groups excluding carboxylic acids is 1. The van der Waals surface area contributed by atoms with E-state index in [1.807, 2.05) is 25.1 Å². The third-order valence-electron chi connectivity index (χ3n) is 4.13. The third kappa shape index (κ3) is 3.29. The van der Waals surface area contributed by atoms with Crippen molar-refractivity contribution in [1.82, 2.24) is 10.6 Å². The highest BCUT2D eigenvalue weighted by Crippen LogP contribution is 2.34. The summed E-state index contributed by atoms with van der Waals surface area (Å²) in [5.74, 6) is 1.60. The summed E-state index contributed by atoms with van der Waals surface area (Å²) in [6, 6.07) is 5.69. The Morgan fingerprint density at radius 1 is 1.29 bits per heavy atom. The second-order valence-corrected chi connectivity index (χ2v) is 5.70. The van der Waals surface area contributed by atoms with Crippen LogP contribution in [0.15, 0.2) is 18.2 Å². The van der Waals surface area contributed by atoms with Gasteiger partial charge in [0.1, 0.15) is 0 Å². The van der Waals surface area contributed by atoms with E-state index in [1.165, 1.54) is 6.42 Å². The van der Waals surface area contributed by atoms with Crippen molar-refractivity contribution in [3.63, 3.8) is 0 Å². The molecule has 1 aromatic rings. The number of amides is 1. The summed E-state index contributed by atoms with van der Waals surface area (Å²) in [4.78, 5) is 12.3. The minimum atomic E-state index is -0.0658. The average molecular weight is 290 g/mol. The van der Waals surface area contributed by atoms with Crippen LogP contribution in [0.4, 0.5) is 0 Å². The maximum Gasteiger partial charge on any atom is 0.237 e. The molecule has 2 aliphatic heterocycles. The molecule has 114 valence electrons. The highest BCUT2D eigenvalue weighted by Gasteiger charge is 2.22. The molecule has 1 fully saturated rings. The highest BCUT2D eigenvalue weighted by molar-refractivity contribution is 5.82. The standard InChI is InChI=1S/C16H22N2O3/c1-11(12-6-7-14-15(9-12)21-10-20-14)18-16(19)13-5-3-2-4-8-17-13/h6-7,9,11,13,17H,2-5,8,10H2,1H3,(H,18,19). The van der Waals surface area contributed by atoms with Crippen LogP contribution in [0.5, 0.6) is 11.5 Å². The lowest BCUT2D eigenvalue weighted by Crippen LogP contribution is -2.44. The molecule has 5 nitrogen and oxygen atoms in total. The van der Waals surface area contributed by atoms with E-state index >= 15 is 0 Å². The van der Waals surface area contributed by atoms with Crippen LogP contribution in [0.3, 0.4) is 0 Å². The summed E-state index contributed by atoms with van der Waals surface area (Å²) in [6.45, 7) is 3.19. The molecule has 0 spiro atoms. The van der Waals surface area contributed by atoms with Crippen molar-refractivity contribution in [3.8, 4) is 11.5 Å². The molecule has 0 bridgehead atoms. The Balaban J connectivity index is 1.62. The first-order chi connectivity index (χ1) is 10.2. The topological polar surface area (TPSA) is 59.6 Å². The van der Waals surface area contributed by atoms with Crippen molar-refractivity contribution < 1.29 is 14.3 Å². The molecule has 2 heterocycles. The number of ether oxygens (including phenoxy) is 2. The summed E-state index contributed by atoms with van der Waals surface area (Å²) < 4.78 is 10.7. The number of rotatable bonds is 3. The van der Waals surface area contributed by atoms with E-state index in [-0.39, 0.29) is 24.8 Å². The van der Waals surface area contributed by atoms with E-state index in [0.717, 1.165) is 42.9 Å².